The van der Waals surface area contributed by atoms with Crippen LogP contribution < -0.4 is 5.32 Å². The van der Waals surface area contributed by atoms with Gasteiger partial charge in [-0.1, -0.05) is 18.2 Å². The highest BCUT2D eigenvalue weighted by molar-refractivity contribution is 7.33. The standard InChI is InChI=1S/C19H14N2O4S2/c22-14(11-5-7-12(8-6-11)21(24)25)10-20-19(23)17-9-16-18(27-17)13-3-1-2-4-15(13)26-16/h1-9,14,22H,10H2,(H,20,23)/t14-/m1/s1. The quantitative estimate of drug-likeness (QED) is 0.383. The van der Waals surface area contributed by atoms with Gasteiger partial charge in [-0.25, -0.2) is 0 Å². The van der Waals surface area contributed by atoms with E-state index in [2.05, 4.69) is 11.4 Å². The zero-order valence-corrected chi connectivity index (χ0v) is 15.5. The van der Waals surface area contributed by atoms with E-state index >= 15 is 0 Å². The van der Waals surface area contributed by atoms with E-state index in [0.29, 0.717) is 10.4 Å². The number of hydrogen-bond donors (Lipinski definition) is 2. The fourth-order valence-corrected chi connectivity index (χ4v) is 5.27. The van der Waals surface area contributed by atoms with E-state index in [4.69, 9.17) is 0 Å². The van der Waals surface area contributed by atoms with Crippen molar-refractivity contribution in [1.82, 2.24) is 5.32 Å². The second-order valence-corrected chi connectivity index (χ2v) is 8.11. The number of non-ortho nitro benzene ring substituents is 1. The van der Waals surface area contributed by atoms with E-state index in [-0.39, 0.29) is 18.1 Å². The molecule has 27 heavy (non-hydrogen) atoms. The molecule has 0 saturated carbocycles. The maximum atomic E-state index is 12.4. The normalized spacial score (nSPS) is 12.3. The lowest BCUT2D eigenvalue weighted by Gasteiger charge is -2.11. The predicted octanol–water partition coefficient (Wildman–Crippen LogP) is 4.49. The van der Waals surface area contributed by atoms with Gasteiger partial charge in [-0.3, -0.25) is 14.9 Å². The van der Waals surface area contributed by atoms with Crippen LogP contribution in [0.15, 0.2) is 54.6 Å². The van der Waals surface area contributed by atoms with Crippen LogP contribution in [-0.2, 0) is 0 Å². The van der Waals surface area contributed by atoms with Crippen molar-refractivity contribution in [3.8, 4) is 0 Å². The number of nitrogens with zero attached hydrogens (tertiary/aromatic N) is 1. The molecular weight excluding hydrogens is 384 g/mol. The van der Waals surface area contributed by atoms with Gasteiger partial charge in [-0.2, -0.15) is 0 Å². The minimum Gasteiger partial charge on any atom is -0.387 e. The van der Waals surface area contributed by atoms with Crippen LogP contribution in [0.2, 0.25) is 0 Å². The number of aliphatic hydroxyl groups is 1. The van der Waals surface area contributed by atoms with Crippen LogP contribution in [0.4, 0.5) is 5.69 Å². The Morgan fingerprint density at radius 3 is 2.59 bits per heavy atom. The SMILES string of the molecule is O=C(NC[C@@H](O)c1ccc([N+](=O)[O-])cc1)c1cc2sc3ccccc3c2s1. The molecule has 2 aromatic carbocycles. The van der Waals surface area contributed by atoms with Gasteiger partial charge in [0.1, 0.15) is 0 Å². The van der Waals surface area contributed by atoms with Crippen LogP contribution in [0.3, 0.4) is 0 Å². The first-order valence-corrected chi connectivity index (χ1v) is 9.78. The first kappa shape index (κ1) is 17.6. The maximum absolute atomic E-state index is 12.4. The third kappa shape index (κ3) is 3.42. The highest BCUT2D eigenvalue weighted by Crippen LogP contribution is 2.39. The molecule has 0 fully saturated rings. The van der Waals surface area contributed by atoms with E-state index in [1.54, 1.807) is 11.3 Å². The Kier molecular flexibility index (Phi) is 4.61. The number of nitro benzene ring substituents is 1. The first-order valence-electron chi connectivity index (χ1n) is 8.14. The molecule has 0 unspecified atom stereocenters. The number of benzene rings is 2. The number of amides is 1. The predicted molar refractivity (Wildman–Crippen MR) is 108 cm³/mol. The number of nitro groups is 1. The fourth-order valence-electron chi connectivity index (χ4n) is 2.82. The Hall–Kier alpha value is -2.81. The van der Waals surface area contributed by atoms with Crippen molar-refractivity contribution >= 4 is 53.8 Å². The van der Waals surface area contributed by atoms with E-state index in [1.165, 1.54) is 40.3 Å². The van der Waals surface area contributed by atoms with E-state index in [1.807, 2.05) is 24.3 Å². The van der Waals surface area contributed by atoms with Gasteiger partial charge < -0.3 is 10.4 Å². The molecule has 0 aliphatic rings. The number of fused-ring (bicyclic) bond motifs is 3. The topological polar surface area (TPSA) is 92.5 Å². The summed E-state index contributed by atoms with van der Waals surface area (Å²) in [5.74, 6) is -0.242. The number of nitrogens with one attached hydrogen (secondary N) is 1. The molecule has 4 aromatic rings. The number of thiophene rings is 2. The molecule has 0 bridgehead atoms. The zero-order chi connectivity index (χ0) is 19.0. The van der Waals surface area contributed by atoms with E-state index in [9.17, 15) is 20.0 Å². The van der Waals surface area contributed by atoms with Crippen LogP contribution in [0.25, 0.3) is 19.5 Å². The van der Waals surface area contributed by atoms with Crippen LogP contribution >= 0.6 is 22.7 Å². The minimum atomic E-state index is -0.934. The zero-order valence-electron chi connectivity index (χ0n) is 13.9. The van der Waals surface area contributed by atoms with Crippen LogP contribution in [-0.4, -0.2) is 22.5 Å². The summed E-state index contributed by atoms with van der Waals surface area (Å²) in [6.07, 6.45) is -0.934. The molecule has 0 aliphatic heterocycles. The summed E-state index contributed by atoms with van der Waals surface area (Å²) in [5.41, 5.74) is 0.472. The van der Waals surface area contributed by atoms with Crippen molar-refractivity contribution in [2.45, 2.75) is 6.10 Å². The first-order chi connectivity index (χ1) is 13.0. The summed E-state index contributed by atoms with van der Waals surface area (Å²) in [5, 5.41) is 24.8. The molecule has 0 radical (unpaired) electrons. The van der Waals surface area contributed by atoms with Gasteiger partial charge in [0, 0.05) is 33.5 Å². The van der Waals surface area contributed by atoms with Gasteiger partial charge in [0.25, 0.3) is 11.6 Å². The third-order valence-corrected chi connectivity index (χ3v) is 6.63. The Morgan fingerprint density at radius 1 is 1.11 bits per heavy atom. The summed E-state index contributed by atoms with van der Waals surface area (Å²) in [6, 6.07) is 15.6. The Balaban J connectivity index is 1.45. The van der Waals surface area contributed by atoms with Gasteiger partial charge >= 0.3 is 0 Å². The minimum absolute atomic E-state index is 0.0307. The lowest BCUT2D eigenvalue weighted by Crippen LogP contribution is -2.27. The molecule has 136 valence electrons. The highest BCUT2D eigenvalue weighted by atomic mass is 32.1. The average molecular weight is 398 g/mol. The molecule has 0 aliphatic carbocycles. The second kappa shape index (κ2) is 7.07. The smallest absolute Gasteiger partial charge is 0.269 e. The number of carbonyl (C=O) groups is 1. The van der Waals surface area contributed by atoms with E-state index < -0.39 is 11.0 Å². The number of aliphatic hydroxyl groups excluding tert-OH is 1. The average Bonchev–Trinajstić information content (AvgIpc) is 3.24. The monoisotopic (exact) mass is 398 g/mol. The summed E-state index contributed by atoms with van der Waals surface area (Å²) in [7, 11) is 0. The van der Waals surface area contributed by atoms with Gasteiger partial charge in [-0.15, -0.1) is 22.7 Å². The van der Waals surface area contributed by atoms with Gasteiger partial charge in [0.2, 0.25) is 0 Å². The molecule has 0 spiro atoms. The van der Waals surface area contributed by atoms with Crippen molar-refractivity contribution in [3.63, 3.8) is 0 Å². The molecule has 2 heterocycles. The lowest BCUT2D eigenvalue weighted by molar-refractivity contribution is -0.384. The van der Waals surface area contributed by atoms with Gasteiger partial charge in [-0.05, 0) is 29.8 Å². The highest BCUT2D eigenvalue weighted by Gasteiger charge is 2.16. The van der Waals surface area contributed by atoms with Crippen molar-refractivity contribution in [2.75, 3.05) is 6.54 Å². The molecule has 1 atom stereocenters. The van der Waals surface area contributed by atoms with Crippen LogP contribution in [0, 0.1) is 10.1 Å². The molecular formula is C19H14N2O4S2. The molecule has 2 aromatic heterocycles. The van der Waals surface area contributed by atoms with Gasteiger partial charge in [0.05, 0.1) is 20.6 Å². The van der Waals surface area contributed by atoms with Crippen molar-refractivity contribution in [1.29, 1.82) is 0 Å². The van der Waals surface area contributed by atoms with E-state index in [0.717, 1.165) is 14.8 Å². The molecule has 4 rings (SSSR count). The lowest BCUT2D eigenvalue weighted by atomic mass is 10.1. The Labute approximate surface area is 161 Å². The van der Waals surface area contributed by atoms with Crippen molar-refractivity contribution in [3.05, 3.63) is 75.2 Å². The number of carbonyl (C=O) groups excluding carboxylic acids is 1. The van der Waals surface area contributed by atoms with Gasteiger partial charge in [0.15, 0.2) is 0 Å². The number of hydrogen-bond acceptors (Lipinski definition) is 6. The molecule has 1 amide bonds. The fraction of sp³-hybridized carbons (Fsp3) is 0.105. The van der Waals surface area contributed by atoms with Crippen LogP contribution in [0.5, 0.6) is 0 Å². The molecule has 6 nitrogen and oxygen atoms in total. The third-order valence-electron chi connectivity index (χ3n) is 4.22. The Morgan fingerprint density at radius 2 is 1.85 bits per heavy atom. The van der Waals surface area contributed by atoms with Crippen LogP contribution in [0.1, 0.15) is 21.3 Å². The second-order valence-electron chi connectivity index (χ2n) is 5.98. The molecule has 0 saturated heterocycles. The molecule has 8 heteroatoms. The summed E-state index contributed by atoms with van der Waals surface area (Å²) in [4.78, 5) is 23.2. The maximum Gasteiger partial charge on any atom is 0.269 e. The summed E-state index contributed by atoms with van der Waals surface area (Å²) < 4.78 is 3.36. The largest absolute Gasteiger partial charge is 0.387 e. The molecule has 2 N–H and O–H groups in total. The summed E-state index contributed by atoms with van der Waals surface area (Å²) in [6.45, 7) is 0.0307. The number of rotatable bonds is 5. The van der Waals surface area contributed by atoms with Crippen molar-refractivity contribution < 1.29 is 14.8 Å². The van der Waals surface area contributed by atoms with Crippen molar-refractivity contribution in [2.24, 2.45) is 0 Å². The summed E-state index contributed by atoms with van der Waals surface area (Å²) >= 11 is 3.09. The Bertz CT molecular complexity index is 1150.